The van der Waals surface area contributed by atoms with Gasteiger partial charge in [0.25, 0.3) is 0 Å². The first-order valence-corrected chi connectivity index (χ1v) is 7.01. The average molecular weight is 291 g/mol. The normalized spacial score (nSPS) is 12.2. The molecule has 21 heavy (non-hydrogen) atoms. The Kier molecular flexibility index (Phi) is 5.28. The lowest BCUT2D eigenvalue weighted by atomic mass is 10.1. The molecule has 0 radical (unpaired) electrons. The van der Waals surface area contributed by atoms with E-state index in [-0.39, 0.29) is 24.3 Å². The van der Waals surface area contributed by atoms with Crippen LogP contribution in [0.3, 0.4) is 0 Å². The molecule has 4 heteroatoms. The van der Waals surface area contributed by atoms with Gasteiger partial charge in [-0.3, -0.25) is 0 Å². The fourth-order valence-corrected chi connectivity index (χ4v) is 2.24. The van der Waals surface area contributed by atoms with Crippen LogP contribution in [0.5, 0.6) is 5.75 Å². The molecule has 2 aromatic carbocycles. The Labute approximate surface area is 123 Å². The Morgan fingerprint density at radius 1 is 1.05 bits per heavy atom. The van der Waals surface area contributed by atoms with E-state index < -0.39 is 0 Å². The third kappa shape index (κ3) is 3.79. The van der Waals surface area contributed by atoms with Crippen LogP contribution in [-0.2, 0) is 6.61 Å². The van der Waals surface area contributed by atoms with Gasteiger partial charge >= 0.3 is 0 Å². The average Bonchev–Trinajstić information content (AvgIpc) is 2.46. The van der Waals surface area contributed by atoms with Crippen LogP contribution >= 0.6 is 0 Å². The summed E-state index contributed by atoms with van der Waals surface area (Å²) < 4.78 is 33.3. The van der Waals surface area contributed by atoms with E-state index in [9.17, 15) is 8.78 Å². The lowest BCUT2D eigenvalue weighted by Crippen LogP contribution is -2.19. The molecule has 0 aromatic heterocycles. The van der Waals surface area contributed by atoms with E-state index in [1.165, 1.54) is 12.1 Å². The van der Waals surface area contributed by atoms with Crippen molar-refractivity contribution in [2.45, 2.75) is 26.5 Å². The zero-order chi connectivity index (χ0) is 15.2. The molecule has 2 nitrogen and oxygen atoms in total. The predicted molar refractivity (Wildman–Crippen MR) is 79.2 cm³/mol. The van der Waals surface area contributed by atoms with Crippen molar-refractivity contribution < 1.29 is 13.5 Å². The molecule has 112 valence electrons. The highest BCUT2D eigenvalue weighted by atomic mass is 19.1. The Bertz CT molecular complexity index is 601. The number of ether oxygens (including phenoxy) is 1. The Morgan fingerprint density at radius 2 is 1.76 bits per heavy atom. The molecule has 0 aliphatic heterocycles. The number of benzene rings is 2. The lowest BCUT2D eigenvalue weighted by molar-refractivity contribution is 0.291. The van der Waals surface area contributed by atoms with Crippen molar-refractivity contribution in [1.29, 1.82) is 0 Å². The largest absolute Gasteiger partial charge is 0.488 e. The van der Waals surface area contributed by atoms with Crippen molar-refractivity contribution in [3.8, 4) is 5.75 Å². The molecular weight excluding hydrogens is 272 g/mol. The Balaban J connectivity index is 2.20. The topological polar surface area (TPSA) is 21.3 Å². The fourth-order valence-electron chi connectivity index (χ4n) is 2.24. The van der Waals surface area contributed by atoms with Crippen molar-refractivity contribution in [2.24, 2.45) is 0 Å². The summed E-state index contributed by atoms with van der Waals surface area (Å²) in [6.07, 6.45) is 0. The minimum absolute atomic E-state index is 0.0714. The van der Waals surface area contributed by atoms with Crippen LogP contribution in [0.2, 0.25) is 0 Å². The van der Waals surface area contributed by atoms with E-state index in [1.54, 1.807) is 30.3 Å². The lowest BCUT2D eigenvalue weighted by Gasteiger charge is -2.18. The van der Waals surface area contributed by atoms with Gasteiger partial charge in [-0.05, 0) is 31.7 Å². The van der Waals surface area contributed by atoms with Crippen LogP contribution in [-0.4, -0.2) is 6.54 Å². The molecule has 0 heterocycles. The SMILES string of the molecule is CCNC(C)c1c(F)cccc1OCc1ccccc1F. The summed E-state index contributed by atoms with van der Waals surface area (Å²) in [5.41, 5.74) is 0.916. The van der Waals surface area contributed by atoms with Crippen LogP contribution in [0.4, 0.5) is 8.78 Å². The maximum Gasteiger partial charge on any atom is 0.131 e. The summed E-state index contributed by atoms with van der Waals surface area (Å²) in [5, 5.41) is 3.16. The van der Waals surface area contributed by atoms with Gasteiger partial charge in [-0.25, -0.2) is 8.78 Å². The second kappa shape index (κ2) is 7.18. The summed E-state index contributed by atoms with van der Waals surface area (Å²) in [4.78, 5) is 0. The smallest absolute Gasteiger partial charge is 0.131 e. The molecular formula is C17H19F2NO. The van der Waals surface area contributed by atoms with Gasteiger partial charge in [0, 0.05) is 17.2 Å². The van der Waals surface area contributed by atoms with Crippen LogP contribution in [0.25, 0.3) is 0 Å². The third-order valence-electron chi connectivity index (χ3n) is 3.30. The number of hydrogen-bond donors (Lipinski definition) is 1. The molecule has 0 saturated heterocycles. The van der Waals surface area contributed by atoms with Gasteiger partial charge in [0.15, 0.2) is 0 Å². The fraction of sp³-hybridized carbons (Fsp3) is 0.294. The van der Waals surface area contributed by atoms with E-state index in [4.69, 9.17) is 4.74 Å². The first kappa shape index (κ1) is 15.4. The van der Waals surface area contributed by atoms with E-state index in [2.05, 4.69) is 5.32 Å². The van der Waals surface area contributed by atoms with Crippen LogP contribution in [0.1, 0.15) is 31.0 Å². The minimum Gasteiger partial charge on any atom is -0.488 e. The summed E-state index contributed by atoms with van der Waals surface area (Å²) in [7, 11) is 0. The summed E-state index contributed by atoms with van der Waals surface area (Å²) >= 11 is 0. The first-order chi connectivity index (χ1) is 10.1. The maximum atomic E-state index is 14.0. The summed E-state index contributed by atoms with van der Waals surface area (Å²) in [6, 6.07) is 10.9. The van der Waals surface area contributed by atoms with Crippen molar-refractivity contribution in [3.05, 3.63) is 65.2 Å². The summed E-state index contributed by atoms with van der Waals surface area (Å²) in [6.45, 7) is 4.62. The second-order valence-corrected chi connectivity index (χ2v) is 4.81. The highest BCUT2D eigenvalue weighted by Gasteiger charge is 2.16. The van der Waals surface area contributed by atoms with E-state index >= 15 is 0 Å². The predicted octanol–water partition coefficient (Wildman–Crippen LogP) is 4.21. The zero-order valence-corrected chi connectivity index (χ0v) is 12.2. The molecule has 0 bridgehead atoms. The van der Waals surface area contributed by atoms with E-state index in [1.807, 2.05) is 13.8 Å². The monoisotopic (exact) mass is 291 g/mol. The van der Waals surface area contributed by atoms with Gasteiger partial charge in [-0.1, -0.05) is 31.2 Å². The molecule has 1 unspecified atom stereocenters. The van der Waals surface area contributed by atoms with Crippen molar-refractivity contribution in [3.63, 3.8) is 0 Å². The summed E-state index contributed by atoms with van der Waals surface area (Å²) in [5.74, 6) is -0.212. The van der Waals surface area contributed by atoms with Crippen LogP contribution in [0, 0.1) is 11.6 Å². The van der Waals surface area contributed by atoms with Crippen LogP contribution < -0.4 is 10.1 Å². The molecule has 2 rings (SSSR count). The molecule has 0 saturated carbocycles. The van der Waals surface area contributed by atoms with Crippen molar-refractivity contribution >= 4 is 0 Å². The zero-order valence-electron chi connectivity index (χ0n) is 12.2. The standard InChI is InChI=1S/C17H19F2NO/c1-3-20-12(2)17-15(19)9-6-10-16(17)21-11-13-7-4-5-8-14(13)18/h4-10,12,20H,3,11H2,1-2H3. The van der Waals surface area contributed by atoms with Gasteiger partial charge < -0.3 is 10.1 Å². The van der Waals surface area contributed by atoms with Gasteiger partial charge in [0.2, 0.25) is 0 Å². The minimum atomic E-state index is -0.325. The molecule has 0 aliphatic carbocycles. The Morgan fingerprint density at radius 3 is 2.48 bits per heavy atom. The van der Waals surface area contributed by atoms with Crippen molar-refractivity contribution in [1.82, 2.24) is 5.32 Å². The molecule has 0 spiro atoms. The number of rotatable bonds is 6. The Hall–Kier alpha value is -1.94. The van der Waals surface area contributed by atoms with Crippen molar-refractivity contribution in [2.75, 3.05) is 6.54 Å². The van der Waals surface area contributed by atoms with E-state index in [0.717, 1.165) is 6.54 Å². The third-order valence-corrected chi connectivity index (χ3v) is 3.30. The first-order valence-electron chi connectivity index (χ1n) is 7.01. The highest BCUT2D eigenvalue weighted by Crippen LogP contribution is 2.28. The molecule has 1 N–H and O–H groups in total. The molecule has 0 amide bonds. The quantitative estimate of drug-likeness (QED) is 0.860. The molecule has 2 aromatic rings. The maximum absolute atomic E-state index is 14.0. The molecule has 0 aliphatic rings. The number of halogens is 2. The van der Waals surface area contributed by atoms with Gasteiger partial charge in [-0.2, -0.15) is 0 Å². The second-order valence-electron chi connectivity index (χ2n) is 4.81. The van der Waals surface area contributed by atoms with Crippen LogP contribution in [0.15, 0.2) is 42.5 Å². The van der Waals surface area contributed by atoms with Gasteiger partial charge in [0.1, 0.15) is 24.0 Å². The molecule has 0 fully saturated rings. The molecule has 1 atom stereocenters. The number of nitrogens with one attached hydrogen (secondary N) is 1. The van der Waals surface area contributed by atoms with E-state index in [0.29, 0.717) is 16.9 Å². The van der Waals surface area contributed by atoms with Gasteiger partial charge in [0.05, 0.1) is 0 Å². The number of hydrogen-bond acceptors (Lipinski definition) is 2. The highest BCUT2D eigenvalue weighted by molar-refractivity contribution is 5.37. The van der Waals surface area contributed by atoms with Gasteiger partial charge in [-0.15, -0.1) is 0 Å².